The number of hydrogen-bond donors (Lipinski definition) is 0. The van der Waals surface area contributed by atoms with Crippen LogP contribution in [0.5, 0.6) is 0 Å². The van der Waals surface area contributed by atoms with Crippen molar-refractivity contribution in [2.45, 2.75) is 49.3 Å². The van der Waals surface area contributed by atoms with Crippen molar-refractivity contribution in [3.63, 3.8) is 0 Å². The number of unbranched alkanes of at least 4 members (excludes halogenated alkanes) is 2. The third-order valence-electron chi connectivity index (χ3n) is 2.55. The van der Waals surface area contributed by atoms with E-state index in [1.165, 1.54) is 52.5 Å². The van der Waals surface area contributed by atoms with Gasteiger partial charge in [-0.3, -0.25) is 0 Å². The van der Waals surface area contributed by atoms with Gasteiger partial charge in [-0.05, 0) is 55.0 Å². The average Bonchev–Trinajstić information content (AvgIpc) is 2.32. The van der Waals surface area contributed by atoms with Gasteiger partial charge in [0.05, 0.1) is 0 Å². The summed E-state index contributed by atoms with van der Waals surface area (Å²) in [7, 11) is 0. The molecule has 0 spiro atoms. The Morgan fingerprint density at radius 3 is 2.24 bits per heavy atom. The first-order chi connectivity index (χ1) is 8.27. The molecule has 17 heavy (non-hydrogen) atoms. The second-order valence-corrected chi connectivity index (χ2v) is 6.48. The van der Waals surface area contributed by atoms with E-state index >= 15 is 0 Å². The van der Waals surface area contributed by atoms with E-state index in [2.05, 4.69) is 39.0 Å². The summed E-state index contributed by atoms with van der Waals surface area (Å²) in [6.45, 7) is 8.63. The molecule has 0 N–H and O–H groups in total. The zero-order chi connectivity index (χ0) is 12.5. The molecular weight excluding hydrogens is 244 g/mol. The van der Waals surface area contributed by atoms with Crippen LogP contribution < -0.4 is 0 Å². The van der Waals surface area contributed by atoms with E-state index in [0.29, 0.717) is 0 Å². The minimum atomic E-state index is 1.19. The molecule has 0 bridgehead atoms. The Hall–Kier alpha value is -0.0800. The van der Waals surface area contributed by atoms with Crippen molar-refractivity contribution >= 4 is 23.5 Å². The second kappa shape index (κ2) is 8.93. The summed E-state index contributed by atoms with van der Waals surface area (Å²) in [6, 6.07) is 6.70. The first-order valence-corrected chi connectivity index (χ1v) is 8.46. The third-order valence-corrected chi connectivity index (χ3v) is 4.84. The SMILES string of the molecule is [CH2]c1cc(SCCCC)ccc1SCCCC. The lowest BCUT2D eigenvalue weighted by Gasteiger charge is -2.07. The van der Waals surface area contributed by atoms with Gasteiger partial charge in [-0.2, -0.15) is 0 Å². The van der Waals surface area contributed by atoms with E-state index < -0.39 is 0 Å². The van der Waals surface area contributed by atoms with Crippen molar-refractivity contribution in [1.82, 2.24) is 0 Å². The van der Waals surface area contributed by atoms with Crippen molar-refractivity contribution in [3.8, 4) is 0 Å². The van der Waals surface area contributed by atoms with Crippen molar-refractivity contribution in [2.75, 3.05) is 11.5 Å². The van der Waals surface area contributed by atoms with E-state index in [1.807, 2.05) is 23.5 Å². The van der Waals surface area contributed by atoms with Gasteiger partial charge in [0.2, 0.25) is 0 Å². The normalized spacial score (nSPS) is 10.8. The predicted octanol–water partition coefficient (Wildman–Crippen LogP) is 5.65. The molecule has 0 heterocycles. The van der Waals surface area contributed by atoms with Gasteiger partial charge in [-0.15, -0.1) is 23.5 Å². The lowest BCUT2D eigenvalue weighted by atomic mass is 10.2. The van der Waals surface area contributed by atoms with Crippen LogP contribution in [0, 0.1) is 6.92 Å². The molecule has 0 aliphatic rings. The summed E-state index contributed by atoms with van der Waals surface area (Å²) in [5.74, 6) is 2.43. The van der Waals surface area contributed by atoms with Gasteiger partial charge in [0, 0.05) is 9.79 Å². The Labute approximate surface area is 115 Å². The molecular formula is C15H23S2. The highest BCUT2D eigenvalue weighted by molar-refractivity contribution is 7.99. The Bertz CT molecular complexity index is 321. The van der Waals surface area contributed by atoms with E-state index in [0.717, 1.165) is 0 Å². The lowest BCUT2D eigenvalue weighted by molar-refractivity contribution is 0.895. The largest absolute Gasteiger partial charge is 0.126 e. The molecule has 0 atom stereocenters. The molecule has 0 unspecified atom stereocenters. The van der Waals surface area contributed by atoms with Crippen LogP contribution in [-0.2, 0) is 0 Å². The second-order valence-electron chi connectivity index (χ2n) is 4.17. The monoisotopic (exact) mass is 267 g/mol. The standard InChI is InChI=1S/C15H23S2/c1-4-6-10-16-14-8-9-15(13(3)12-14)17-11-7-5-2/h8-9,12H,3-7,10-11H2,1-2H3. The molecule has 0 saturated heterocycles. The van der Waals surface area contributed by atoms with Gasteiger partial charge >= 0.3 is 0 Å². The minimum absolute atomic E-state index is 1.19. The maximum atomic E-state index is 4.15. The van der Waals surface area contributed by atoms with Crippen molar-refractivity contribution in [3.05, 3.63) is 30.7 Å². The minimum Gasteiger partial charge on any atom is -0.126 e. The number of benzene rings is 1. The van der Waals surface area contributed by atoms with Crippen LogP contribution >= 0.6 is 23.5 Å². The van der Waals surface area contributed by atoms with Gasteiger partial charge in [0.25, 0.3) is 0 Å². The molecule has 0 aliphatic carbocycles. The van der Waals surface area contributed by atoms with E-state index in [-0.39, 0.29) is 0 Å². The molecule has 1 radical (unpaired) electrons. The Balaban J connectivity index is 2.47. The topological polar surface area (TPSA) is 0 Å². The fraction of sp³-hybridized carbons (Fsp3) is 0.533. The van der Waals surface area contributed by atoms with Crippen molar-refractivity contribution in [2.24, 2.45) is 0 Å². The molecule has 0 saturated carbocycles. The highest BCUT2D eigenvalue weighted by Gasteiger charge is 2.01. The van der Waals surface area contributed by atoms with E-state index in [1.54, 1.807) is 0 Å². The number of thioether (sulfide) groups is 2. The zero-order valence-corrected chi connectivity index (χ0v) is 12.6. The van der Waals surface area contributed by atoms with Crippen LogP contribution in [0.25, 0.3) is 0 Å². The highest BCUT2D eigenvalue weighted by Crippen LogP contribution is 2.28. The molecule has 0 aliphatic heterocycles. The van der Waals surface area contributed by atoms with Crippen LogP contribution in [0.15, 0.2) is 28.0 Å². The zero-order valence-electron chi connectivity index (χ0n) is 11.0. The maximum absolute atomic E-state index is 4.15. The molecule has 0 fully saturated rings. The highest BCUT2D eigenvalue weighted by atomic mass is 32.2. The lowest BCUT2D eigenvalue weighted by Crippen LogP contribution is -1.85. The van der Waals surface area contributed by atoms with Crippen molar-refractivity contribution < 1.29 is 0 Å². The molecule has 1 aromatic rings. The molecule has 95 valence electrons. The smallest absolute Gasteiger partial charge is 0.0105 e. The predicted molar refractivity (Wildman–Crippen MR) is 82.2 cm³/mol. The maximum Gasteiger partial charge on any atom is 0.0105 e. The summed E-state index contributed by atoms with van der Waals surface area (Å²) in [6.07, 6.45) is 5.13. The van der Waals surface area contributed by atoms with Crippen LogP contribution in [0.2, 0.25) is 0 Å². The van der Waals surface area contributed by atoms with Crippen LogP contribution in [0.4, 0.5) is 0 Å². The molecule has 1 rings (SSSR count). The average molecular weight is 267 g/mol. The molecule has 1 aromatic carbocycles. The quantitative estimate of drug-likeness (QED) is 0.441. The molecule has 2 heteroatoms. The molecule has 0 aromatic heterocycles. The van der Waals surface area contributed by atoms with Crippen LogP contribution in [0.1, 0.15) is 45.1 Å². The Morgan fingerprint density at radius 2 is 1.65 bits per heavy atom. The summed E-state index contributed by atoms with van der Waals surface area (Å²) in [4.78, 5) is 2.71. The van der Waals surface area contributed by atoms with Gasteiger partial charge in [0.15, 0.2) is 0 Å². The molecule has 0 nitrogen and oxygen atoms in total. The Morgan fingerprint density at radius 1 is 1.00 bits per heavy atom. The van der Waals surface area contributed by atoms with Crippen LogP contribution in [-0.4, -0.2) is 11.5 Å². The summed E-state index contributed by atoms with van der Waals surface area (Å²) >= 11 is 3.88. The van der Waals surface area contributed by atoms with Gasteiger partial charge < -0.3 is 0 Å². The number of rotatable bonds is 8. The fourth-order valence-corrected chi connectivity index (χ4v) is 3.57. The summed E-state index contributed by atoms with van der Waals surface area (Å²) in [5, 5.41) is 0. The van der Waals surface area contributed by atoms with Gasteiger partial charge in [-0.1, -0.05) is 26.7 Å². The first kappa shape index (κ1) is 15.0. The third kappa shape index (κ3) is 5.87. The number of hydrogen-bond acceptors (Lipinski definition) is 2. The van der Waals surface area contributed by atoms with Crippen LogP contribution in [0.3, 0.4) is 0 Å². The van der Waals surface area contributed by atoms with E-state index in [9.17, 15) is 0 Å². The summed E-state index contributed by atoms with van der Waals surface area (Å²) in [5.41, 5.74) is 1.19. The van der Waals surface area contributed by atoms with Gasteiger partial charge in [0.1, 0.15) is 0 Å². The molecule has 0 amide bonds. The Kier molecular flexibility index (Phi) is 7.87. The van der Waals surface area contributed by atoms with Crippen molar-refractivity contribution in [1.29, 1.82) is 0 Å². The fourth-order valence-electron chi connectivity index (χ4n) is 1.45. The van der Waals surface area contributed by atoms with Gasteiger partial charge in [-0.25, -0.2) is 0 Å². The first-order valence-electron chi connectivity index (χ1n) is 6.49. The summed E-state index contributed by atoms with van der Waals surface area (Å²) < 4.78 is 0. The van der Waals surface area contributed by atoms with E-state index in [4.69, 9.17) is 0 Å².